The lowest BCUT2D eigenvalue weighted by molar-refractivity contribution is 0.459. The molecule has 1 saturated carbocycles. The summed E-state index contributed by atoms with van der Waals surface area (Å²) >= 11 is 0. The molecule has 0 unspecified atom stereocenters. The summed E-state index contributed by atoms with van der Waals surface area (Å²) in [7, 11) is 0. The molecule has 0 heterocycles. The number of nitrogens with one attached hydrogen (secondary N) is 1. The van der Waals surface area contributed by atoms with Crippen molar-refractivity contribution < 1.29 is 1.43 Å². The first kappa shape index (κ1) is 9.05. The van der Waals surface area contributed by atoms with E-state index in [0.717, 1.165) is 5.92 Å². The largest absolute Gasteiger partial charge is 0.315 e. The van der Waals surface area contributed by atoms with Crippen LogP contribution >= 0.6 is 0 Å². The van der Waals surface area contributed by atoms with Gasteiger partial charge in [-0.25, -0.2) is 0 Å². The number of hydrogen-bond acceptors (Lipinski definition) is 1. The zero-order valence-corrected chi connectivity index (χ0v) is 7.90. The van der Waals surface area contributed by atoms with Gasteiger partial charge < -0.3 is 5.32 Å². The van der Waals surface area contributed by atoms with Gasteiger partial charge in [0.15, 0.2) is 0 Å². The van der Waals surface area contributed by atoms with Gasteiger partial charge in [-0.3, -0.25) is 0 Å². The second-order valence-corrected chi connectivity index (χ2v) is 4.05. The fourth-order valence-corrected chi connectivity index (χ4v) is 1.88. The Labute approximate surface area is 72.1 Å². The summed E-state index contributed by atoms with van der Waals surface area (Å²) in [6, 6.07) is 0.663. The Bertz CT molecular complexity index is 98.0. The molecule has 1 nitrogen and oxygen atoms in total. The van der Waals surface area contributed by atoms with Crippen LogP contribution in [0.1, 0.15) is 47.4 Å². The minimum absolute atomic E-state index is 0. The van der Waals surface area contributed by atoms with Gasteiger partial charge in [0.1, 0.15) is 0 Å². The maximum Gasteiger partial charge on any atom is 0.00103 e. The molecule has 1 heteroatoms. The molecular weight excluding hydrogens is 134 g/mol. The molecule has 0 aromatic carbocycles. The van der Waals surface area contributed by atoms with E-state index in [1.165, 1.54) is 38.6 Å². The highest BCUT2D eigenvalue weighted by atomic mass is 14.9. The fraction of sp³-hybridized carbons (Fsp3) is 1.00. The summed E-state index contributed by atoms with van der Waals surface area (Å²) in [6.07, 6.45) is 7.33. The van der Waals surface area contributed by atoms with Crippen molar-refractivity contribution in [2.45, 2.75) is 52.0 Å². The first-order valence-corrected chi connectivity index (χ1v) is 5.02. The lowest BCUT2D eigenvalue weighted by atomic mass is 10.0. The molecule has 0 radical (unpaired) electrons. The highest BCUT2D eigenvalue weighted by Crippen LogP contribution is 2.26. The maximum absolute atomic E-state index is 3.47. The maximum atomic E-state index is 3.47. The topological polar surface area (TPSA) is 12.0 Å². The molecule has 1 aliphatic carbocycles. The van der Waals surface area contributed by atoms with E-state index in [1.54, 1.807) is 0 Å². The molecule has 0 atom stereocenters. The minimum Gasteiger partial charge on any atom is -0.315 e. The molecule has 11 heavy (non-hydrogen) atoms. The number of rotatable bonds is 4. The van der Waals surface area contributed by atoms with E-state index in [0.29, 0.717) is 6.04 Å². The van der Waals surface area contributed by atoms with E-state index >= 15 is 0 Å². The van der Waals surface area contributed by atoms with E-state index in [2.05, 4.69) is 19.2 Å². The molecule has 68 valence electrons. The van der Waals surface area contributed by atoms with Gasteiger partial charge in [0.25, 0.3) is 0 Å². The van der Waals surface area contributed by atoms with Gasteiger partial charge in [-0.05, 0) is 18.9 Å². The van der Waals surface area contributed by atoms with Crippen LogP contribution in [0.25, 0.3) is 0 Å². The highest BCUT2D eigenvalue weighted by molar-refractivity contribution is 4.68. The Hall–Kier alpha value is -0.0400. The van der Waals surface area contributed by atoms with Crippen LogP contribution in [0.2, 0.25) is 0 Å². The van der Waals surface area contributed by atoms with Gasteiger partial charge in [-0.15, -0.1) is 0 Å². The van der Waals surface area contributed by atoms with E-state index in [-0.39, 0.29) is 1.43 Å². The lowest BCUT2D eigenvalue weighted by Gasteiger charge is -2.11. The molecule has 1 rings (SSSR count). The van der Waals surface area contributed by atoms with Crippen molar-refractivity contribution in [2.75, 3.05) is 6.54 Å². The van der Waals surface area contributed by atoms with Crippen LogP contribution < -0.4 is 5.32 Å². The second kappa shape index (κ2) is 4.76. The van der Waals surface area contributed by atoms with E-state index in [1.807, 2.05) is 0 Å². The Morgan fingerprint density at radius 2 is 2.00 bits per heavy atom. The predicted molar refractivity (Wildman–Crippen MR) is 51.8 cm³/mol. The predicted octanol–water partition coefficient (Wildman–Crippen LogP) is 2.81. The third kappa shape index (κ3) is 3.76. The smallest absolute Gasteiger partial charge is 0.00103 e. The quantitative estimate of drug-likeness (QED) is 0.661. The van der Waals surface area contributed by atoms with Gasteiger partial charge in [0.05, 0.1) is 0 Å². The fourth-order valence-electron chi connectivity index (χ4n) is 1.88. The minimum atomic E-state index is 0. The third-order valence-electron chi connectivity index (χ3n) is 2.58. The van der Waals surface area contributed by atoms with Gasteiger partial charge in [-0.2, -0.15) is 0 Å². The molecule has 0 bridgehead atoms. The molecule has 1 fully saturated rings. The molecule has 0 aromatic heterocycles. The Morgan fingerprint density at radius 3 is 2.55 bits per heavy atom. The summed E-state index contributed by atoms with van der Waals surface area (Å²) in [5, 5.41) is 3.47. The molecule has 0 aromatic rings. The van der Waals surface area contributed by atoms with E-state index < -0.39 is 0 Å². The van der Waals surface area contributed by atoms with Crippen molar-refractivity contribution in [1.29, 1.82) is 0 Å². The average molecular weight is 157 g/mol. The van der Waals surface area contributed by atoms with Crippen LogP contribution in [0.15, 0.2) is 0 Å². The number of hydrogen-bond donors (Lipinski definition) is 1. The van der Waals surface area contributed by atoms with Crippen LogP contribution in [0.5, 0.6) is 0 Å². The zero-order valence-electron chi connectivity index (χ0n) is 7.90. The lowest BCUT2D eigenvalue weighted by Crippen LogP contribution is -2.24. The SMILES string of the molecule is CC(C)NCCC1CCCC1.[HH]. The second-order valence-electron chi connectivity index (χ2n) is 4.05. The Kier molecular flexibility index (Phi) is 3.92. The van der Waals surface area contributed by atoms with Crippen molar-refractivity contribution in [1.82, 2.24) is 5.32 Å². The normalized spacial score (nSPS) is 19.9. The summed E-state index contributed by atoms with van der Waals surface area (Å²) in [6.45, 7) is 5.66. The molecular formula is C10H23N. The molecule has 0 spiro atoms. The van der Waals surface area contributed by atoms with Crippen LogP contribution in [-0.2, 0) is 0 Å². The van der Waals surface area contributed by atoms with Crippen molar-refractivity contribution in [3.05, 3.63) is 0 Å². The summed E-state index contributed by atoms with van der Waals surface area (Å²) in [5.74, 6) is 1.04. The van der Waals surface area contributed by atoms with Crippen LogP contribution in [0, 0.1) is 5.92 Å². The molecule has 0 aliphatic heterocycles. The molecule has 0 amide bonds. The van der Waals surface area contributed by atoms with Crippen molar-refractivity contribution in [3.8, 4) is 0 Å². The van der Waals surface area contributed by atoms with E-state index in [9.17, 15) is 0 Å². The van der Waals surface area contributed by atoms with Gasteiger partial charge >= 0.3 is 0 Å². The first-order valence-electron chi connectivity index (χ1n) is 5.02. The van der Waals surface area contributed by atoms with Crippen molar-refractivity contribution in [2.24, 2.45) is 5.92 Å². The van der Waals surface area contributed by atoms with E-state index in [4.69, 9.17) is 0 Å². The van der Waals surface area contributed by atoms with Crippen LogP contribution in [0.4, 0.5) is 0 Å². The average Bonchev–Trinajstić information content (AvgIpc) is 2.39. The summed E-state index contributed by atoms with van der Waals surface area (Å²) in [4.78, 5) is 0. The van der Waals surface area contributed by atoms with Crippen molar-refractivity contribution >= 4 is 0 Å². The van der Waals surface area contributed by atoms with Crippen molar-refractivity contribution in [3.63, 3.8) is 0 Å². The summed E-state index contributed by atoms with van der Waals surface area (Å²) in [5.41, 5.74) is 0. The van der Waals surface area contributed by atoms with Gasteiger partial charge in [0, 0.05) is 7.47 Å². The molecule has 1 aliphatic rings. The highest BCUT2D eigenvalue weighted by Gasteiger charge is 2.13. The Morgan fingerprint density at radius 1 is 1.36 bits per heavy atom. The monoisotopic (exact) mass is 157 g/mol. The standard InChI is InChI=1S/C10H21N.H2/c1-9(2)11-8-7-10-5-3-4-6-10;/h9-11H,3-8H2,1-2H3;1H. The Balaban J connectivity index is 0.00000121. The van der Waals surface area contributed by atoms with Crippen LogP contribution in [-0.4, -0.2) is 12.6 Å². The first-order chi connectivity index (χ1) is 5.29. The molecule has 0 saturated heterocycles. The van der Waals surface area contributed by atoms with Gasteiger partial charge in [0.2, 0.25) is 0 Å². The third-order valence-corrected chi connectivity index (χ3v) is 2.58. The zero-order chi connectivity index (χ0) is 8.10. The van der Waals surface area contributed by atoms with Gasteiger partial charge in [-0.1, -0.05) is 39.5 Å². The molecule has 1 N–H and O–H groups in total. The summed E-state index contributed by atoms with van der Waals surface area (Å²) < 4.78 is 0. The van der Waals surface area contributed by atoms with Crippen LogP contribution in [0.3, 0.4) is 0 Å².